The fourth-order valence-electron chi connectivity index (χ4n) is 4.12. The molecule has 0 spiro atoms. The Labute approximate surface area is 175 Å². The quantitative estimate of drug-likeness (QED) is 0.734. The van der Waals surface area contributed by atoms with E-state index in [0.717, 1.165) is 30.4 Å². The van der Waals surface area contributed by atoms with Gasteiger partial charge in [-0.25, -0.2) is 4.79 Å². The Bertz CT molecular complexity index is 991. The maximum Gasteiger partial charge on any atom is 0.347 e. The van der Waals surface area contributed by atoms with Gasteiger partial charge in [0.1, 0.15) is 36.2 Å². The summed E-state index contributed by atoms with van der Waals surface area (Å²) in [5.41, 5.74) is 1.88. The molecule has 30 heavy (non-hydrogen) atoms. The topological polar surface area (TPSA) is 86.0 Å². The molecule has 0 amide bonds. The van der Waals surface area contributed by atoms with Gasteiger partial charge in [-0.1, -0.05) is 37.3 Å². The van der Waals surface area contributed by atoms with Crippen LogP contribution in [-0.2, 0) is 22.6 Å². The zero-order chi connectivity index (χ0) is 21.1. The van der Waals surface area contributed by atoms with Crippen LogP contribution in [0.25, 0.3) is 6.08 Å². The largest absolute Gasteiger partial charge is 0.485 e. The lowest BCUT2D eigenvalue weighted by Gasteiger charge is -2.36. The lowest BCUT2D eigenvalue weighted by Crippen LogP contribution is -2.34. The van der Waals surface area contributed by atoms with E-state index >= 15 is 0 Å². The monoisotopic (exact) mass is 410 g/mol. The fourth-order valence-corrected chi connectivity index (χ4v) is 4.12. The van der Waals surface area contributed by atoms with Crippen LogP contribution in [-0.4, -0.2) is 23.8 Å². The molecule has 1 aliphatic heterocycles. The highest BCUT2D eigenvalue weighted by Gasteiger charge is 2.34. The molecular formula is C24H26O6. The van der Waals surface area contributed by atoms with Crippen molar-refractivity contribution in [2.75, 3.05) is 6.61 Å². The molecule has 0 saturated heterocycles. The maximum atomic E-state index is 12.5. The second-order valence-corrected chi connectivity index (χ2v) is 8.12. The van der Waals surface area contributed by atoms with Crippen molar-refractivity contribution >= 4 is 12.0 Å². The van der Waals surface area contributed by atoms with Crippen molar-refractivity contribution < 1.29 is 23.8 Å². The smallest absolute Gasteiger partial charge is 0.347 e. The SMILES string of the molecule is CC(CO)[C@H]1CCC2=Cc3c(cc(CC(=O)OCc4ccccc4)oc3=O)O[C@H]2C1. The fraction of sp³-hybridized carbons (Fsp3) is 0.417. The maximum absolute atomic E-state index is 12.5. The zero-order valence-electron chi connectivity index (χ0n) is 17.0. The third kappa shape index (κ3) is 4.49. The standard InChI is InChI=1S/C24H26O6/c1-15(13-25)17-7-8-18-9-20-22(30-21(18)10-17)11-19(29-24(20)27)12-23(26)28-14-16-5-3-2-4-6-16/h2-6,9,11,15,17,21,25H,7-8,10,12-14H2,1H3/t15?,17-,21-/m0/s1. The molecule has 2 heterocycles. The molecule has 1 N–H and O–H groups in total. The summed E-state index contributed by atoms with van der Waals surface area (Å²) in [6.07, 6.45) is 4.24. The molecule has 2 aliphatic rings. The molecule has 4 rings (SSSR count). The predicted octanol–water partition coefficient (Wildman–Crippen LogP) is 3.50. The molecule has 6 heteroatoms. The first-order chi connectivity index (χ1) is 14.5. The minimum Gasteiger partial charge on any atom is -0.485 e. The van der Waals surface area contributed by atoms with Gasteiger partial charge in [0.25, 0.3) is 0 Å². The second-order valence-electron chi connectivity index (χ2n) is 8.12. The van der Waals surface area contributed by atoms with E-state index in [1.165, 1.54) is 0 Å². The van der Waals surface area contributed by atoms with Gasteiger partial charge < -0.3 is 19.0 Å². The number of carbonyl (C=O) groups is 1. The van der Waals surface area contributed by atoms with Gasteiger partial charge in [-0.05, 0) is 48.3 Å². The van der Waals surface area contributed by atoms with Crippen molar-refractivity contribution in [2.24, 2.45) is 11.8 Å². The van der Waals surface area contributed by atoms with Gasteiger partial charge in [0, 0.05) is 12.7 Å². The summed E-state index contributed by atoms with van der Waals surface area (Å²) < 4.78 is 16.7. The van der Waals surface area contributed by atoms with Gasteiger partial charge in [-0.2, -0.15) is 0 Å². The van der Waals surface area contributed by atoms with Gasteiger partial charge in [0.05, 0.1) is 0 Å². The van der Waals surface area contributed by atoms with Crippen molar-refractivity contribution in [2.45, 2.75) is 45.3 Å². The molecule has 1 aromatic heterocycles. The highest BCUT2D eigenvalue weighted by molar-refractivity contribution is 5.72. The van der Waals surface area contributed by atoms with Gasteiger partial charge >= 0.3 is 11.6 Å². The molecule has 2 aromatic rings. The van der Waals surface area contributed by atoms with Gasteiger partial charge in [0.2, 0.25) is 0 Å². The molecule has 1 fully saturated rings. The molecule has 1 saturated carbocycles. The van der Waals surface area contributed by atoms with Gasteiger partial charge in [-0.15, -0.1) is 0 Å². The van der Waals surface area contributed by atoms with Crippen LogP contribution in [0, 0.1) is 11.8 Å². The van der Waals surface area contributed by atoms with Crippen molar-refractivity contribution in [1.82, 2.24) is 0 Å². The summed E-state index contributed by atoms with van der Waals surface area (Å²) in [6.45, 7) is 2.37. The lowest BCUT2D eigenvalue weighted by molar-refractivity contribution is -0.144. The van der Waals surface area contributed by atoms with E-state index < -0.39 is 11.6 Å². The number of fused-ring (bicyclic) bond motifs is 2. The minimum absolute atomic E-state index is 0.107. The summed E-state index contributed by atoms with van der Waals surface area (Å²) in [5, 5.41) is 9.46. The Morgan fingerprint density at radius 2 is 2.10 bits per heavy atom. The van der Waals surface area contributed by atoms with E-state index in [9.17, 15) is 14.7 Å². The second kappa shape index (κ2) is 8.88. The Balaban J connectivity index is 1.45. The van der Waals surface area contributed by atoms with Crippen LogP contribution in [0.5, 0.6) is 5.75 Å². The third-order valence-electron chi connectivity index (χ3n) is 5.99. The third-order valence-corrected chi connectivity index (χ3v) is 5.99. The van der Waals surface area contributed by atoms with Crippen LogP contribution in [0.4, 0.5) is 0 Å². The first kappa shape index (κ1) is 20.4. The summed E-state index contributed by atoms with van der Waals surface area (Å²) >= 11 is 0. The van der Waals surface area contributed by atoms with Crippen LogP contribution in [0.1, 0.15) is 43.1 Å². The summed E-state index contributed by atoms with van der Waals surface area (Å²) in [7, 11) is 0. The number of esters is 1. The highest BCUT2D eigenvalue weighted by atomic mass is 16.5. The lowest BCUT2D eigenvalue weighted by atomic mass is 9.76. The van der Waals surface area contributed by atoms with E-state index in [-0.39, 0.29) is 37.4 Å². The summed E-state index contributed by atoms with van der Waals surface area (Å²) in [5.74, 6) is 0.801. The Hall–Kier alpha value is -2.86. The number of hydrogen-bond acceptors (Lipinski definition) is 6. The number of carbonyl (C=O) groups excluding carboxylic acids is 1. The molecule has 1 unspecified atom stereocenters. The molecule has 158 valence electrons. The predicted molar refractivity (Wildman–Crippen MR) is 111 cm³/mol. The van der Waals surface area contributed by atoms with Crippen LogP contribution < -0.4 is 10.4 Å². The number of ether oxygens (including phenoxy) is 2. The molecule has 0 radical (unpaired) electrons. The van der Waals surface area contributed by atoms with Crippen molar-refractivity contribution in [3.8, 4) is 5.75 Å². The molecule has 0 bridgehead atoms. The first-order valence-electron chi connectivity index (χ1n) is 10.4. The average Bonchev–Trinajstić information content (AvgIpc) is 2.76. The van der Waals surface area contributed by atoms with Gasteiger partial charge in [0.15, 0.2) is 0 Å². The van der Waals surface area contributed by atoms with Crippen LogP contribution in [0.15, 0.2) is 51.2 Å². The van der Waals surface area contributed by atoms with E-state index in [4.69, 9.17) is 13.9 Å². The van der Waals surface area contributed by atoms with E-state index in [1.54, 1.807) is 6.07 Å². The van der Waals surface area contributed by atoms with Crippen LogP contribution in [0.2, 0.25) is 0 Å². The number of aliphatic hydroxyl groups is 1. The molecule has 3 atom stereocenters. The zero-order valence-corrected chi connectivity index (χ0v) is 17.0. The molecule has 1 aromatic carbocycles. The van der Waals surface area contributed by atoms with Crippen molar-refractivity contribution in [3.05, 3.63) is 69.3 Å². The number of hydrogen-bond donors (Lipinski definition) is 1. The Morgan fingerprint density at radius 1 is 1.30 bits per heavy atom. The van der Waals surface area contributed by atoms with Crippen LogP contribution in [0.3, 0.4) is 0 Å². The molecular weight excluding hydrogens is 384 g/mol. The minimum atomic E-state index is -0.504. The highest BCUT2D eigenvalue weighted by Crippen LogP contribution is 2.40. The van der Waals surface area contributed by atoms with E-state index in [2.05, 4.69) is 0 Å². The van der Waals surface area contributed by atoms with E-state index in [0.29, 0.717) is 17.2 Å². The summed E-state index contributed by atoms with van der Waals surface area (Å²) in [6, 6.07) is 11.0. The summed E-state index contributed by atoms with van der Waals surface area (Å²) in [4.78, 5) is 24.6. The Morgan fingerprint density at radius 3 is 2.87 bits per heavy atom. The van der Waals surface area contributed by atoms with Crippen molar-refractivity contribution in [3.63, 3.8) is 0 Å². The van der Waals surface area contributed by atoms with Gasteiger partial charge in [-0.3, -0.25) is 4.79 Å². The normalized spacial score (nSPS) is 20.9. The number of rotatable bonds is 6. The number of benzene rings is 1. The molecule has 6 nitrogen and oxygen atoms in total. The van der Waals surface area contributed by atoms with Crippen molar-refractivity contribution in [1.29, 1.82) is 0 Å². The van der Waals surface area contributed by atoms with E-state index in [1.807, 2.05) is 43.3 Å². The Kier molecular flexibility index (Phi) is 6.04. The average molecular weight is 410 g/mol. The molecule has 1 aliphatic carbocycles. The number of aliphatic hydroxyl groups excluding tert-OH is 1. The van der Waals surface area contributed by atoms with Crippen LogP contribution >= 0.6 is 0 Å². The first-order valence-corrected chi connectivity index (χ1v) is 10.4.